The third-order valence-electron chi connectivity index (χ3n) is 4.62. The average Bonchev–Trinajstić information content (AvgIpc) is 3.20. The number of halogens is 2. The Kier molecular flexibility index (Phi) is 5.15. The van der Waals surface area contributed by atoms with Crippen molar-refractivity contribution in [3.63, 3.8) is 0 Å². The molecule has 0 saturated heterocycles. The summed E-state index contributed by atoms with van der Waals surface area (Å²) in [5.74, 6) is 0.618. The molecule has 7 nitrogen and oxygen atoms in total. The number of fused-ring (bicyclic) bond motifs is 1. The first-order valence-corrected chi connectivity index (χ1v) is 10.9. The number of hydrogen-bond acceptors (Lipinski definition) is 5. The standard InChI is InChI=1S/C18H18FIN5O2P/c1-18(2)13-15(23-17(18)20-27-28)21-14(22-16(13)26)12-7-8-25(24-12)9-10-5-3-4-6-11(10)19/h3-8H,9,28H2,1-2H3,(H2,21,22,23,26). The molecular weight excluding hydrogens is 495 g/mol. The zero-order chi connectivity index (χ0) is 19.9. The van der Waals surface area contributed by atoms with Crippen LogP contribution in [0.2, 0.25) is 0 Å². The highest BCUT2D eigenvalue weighted by molar-refractivity contribution is 14.2. The van der Waals surface area contributed by atoms with Gasteiger partial charge in [-0.25, -0.2) is 9.37 Å². The number of nitrogens with one attached hydrogen (secondary N) is 2. The summed E-state index contributed by atoms with van der Waals surface area (Å²) in [6, 6.07) is 8.31. The van der Waals surface area contributed by atoms with Gasteiger partial charge in [0.05, 0.1) is 36.9 Å². The van der Waals surface area contributed by atoms with E-state index in [-0.39, 0.29) is 11.4 Å². The number of hydrogen-bond donors (Lipinski definition) is 2. The molecule has 28 heavy (non-hydrogen) atoms. The van der Waals surface area contributed by atoms with Gasteiger partial charge in [-0.1, -0.05) is 18.2 Å². The molecule has 0 radical (unpaired) electrons. The molecule has 1 unspecified atom stereocenters. The summed E-state index contributed by atoms with van der Waals surface area (Å²) < 4.78 is 21.7. The summed E-state index contributed by atoms with van der Waals surface area (Å²) in [5.41, 5.74) is 0.989. The maximum absolute atomic E-state index is 13.9. The number of benzene rings is 1. The van der Waals surface area contributed by atoms with Crippen LogP contribution in [0.25, 0.3) is 11.5 Å². The predicted octanol–water partition coefficient (Wildman–Crippen LogP) is 3.35. The number of rotatable bonds is 4. The van der Waals surface area contributed by atoms with E-state index in [4.69, 9.17) is 2.85 Å². The number of H-pyrrole nitrogens is 1. The topological polar surface area (TPSA) is 84.8 Å². The van der Waals surface area contributed by atoms with Gasteiger partial charge < -0.3 is 13.2 Å². The summed E-state index contributed by atoms with van der Waals surface area (Å²) in [7, 11) is 2.26. The highest BCUT2D eigenvalue weighted by Crippen LogP contribution is 2.37. The third kappa shape index (κ3) is 3.42. The summed E-state index contributed by atoms with van der Waals surface area (Å²) in [5, 5.41) is 7.68. The quantitative estimate of drug-likeness (QED) is 0.413. The minimum absolute atomic E-state index is 0.205. The smallest absolute Gasteiger partial charge is 0.257 e. The Morgan fingerprint density at radius 3 is 2.86 bits per heavy atom. The maximum atomic E-state index is 13.9. The van der Waals surface area contributed by atoms with Crippen molar-refractivity contribution in [2.75, 3.05) is 5.32 Å². The fraction of sp³-hybridized carbons (Fsp3) is 0.222. The second-order valence-electron chi connectivity index (χ2n) is 6.86. The molecule has 0 spiro atoms. The second-order valence-corrected chi connectivity index (χ2v) is 10.1. The summed E-state index contributed by atoms with van der Waals surface area (Å²) in [4.78, 5) is 20.1. The van der Waals surface area contributed by atoms with Crippen LogP contribution in [-0.2, 0) is 14.8 Å². The van der Waals surface area contributed by atoms with Crippen molar-refractivity contribution in [3.8, 4) is 11.5 Å². The van der Waals surface area contributed by atoms with Crippen LogP contribution in [0.3, 0.4) is 0 Å². The van der Waals surface area contributed by atoms with E-state index in [1.807, 2.05) is 13.8 Å². The predicted molar refractivity (Wildman–Crippen MR) is 118 cm³/mol. The fourth-order valence-corrected chi connectivity index (χ4v) is 5.21. The largest absolute Gasteiger partial charge is 0.336 e. The SMILES string of the molecule is CC1(C)C(=IOP)Nc2nc(-c3ccn(Cc4ccccc4F)n3)[nH]c(=O)c21. The lowest BCUT2D eigenvalue weighted by molar-refractivity contribution is 0.585. The summed E-state index contributed by atoms with van der Waals surface area (Å²) in [6.45, 7) is 4.25. The molecule has 4 rings (SSSR count). The summed E-state index contributed by atoms with van der Waals surface area (Å²) in [6.07, 6.45) is 1.73. The molecule has 146 valence electrons. The molecule has 1 aromatic carbocycles. The molecular formula is C18H18FIN5O2P. The molecule has 2 aromatic heterocycles. The van der Waals surface area contributed by atoms with Gasteiger partial charge in [0.2, 0.25) is 0 Å². The van der Waals surface area contributed by atoms with Crippen LogP contribution in [0.4, 0.5) is 10.2 Å². The molecule has 0 amide bonds. The zero-order valence-corrected chi connectivity index (χ0v) is 18.5. The minimum atomic E-state index is -0.699. The van der Waals surface area contributed by atoms with Gasteiger partial charge in [0, 0.05) is 26.6 Å². The van der Waals surface area contributed by atoms with E-state index in [9.17, 15) is 9.18 Å². The molecule has 0 saturated carbocycles. The molecule has 1 aliphatic heterocycles. The number of anilines is 1. The Morgan fingerprint density at radius 1 is 1.32 bits per heavy atom. The molecule has 3 heterocycles. The molecule has 1 atom stereocenters. The Balaban J connectivity index is 1.68. The van der Waals surface area contributed by atoms with Gasteiger partial charge >= 0.3 is 0 Å². The Bertz CT molecular complexity index is 1140. The van der Waals surface area contributed by atoms with Crippen LogP contribution in [0.5, 0.6) is 0 Å². The molecule has 2 N–H and O–H groups in total. The van der Waals surface area contributed by atoms with E-state index < -0.39 is 26.6 Å². The van der Waals surface area contributed by atoms with Crippen LogP contribution >= 0.6 is 30.6 Å². The monoisotopic (exact) mass is 513 g/mol. The Hall–Kier alpha value is -1.97. The van der Waals surface area contributed by atoms with E-state index in [1.165, 1.54) is 6.07 Å². The van der Waals surface area contributed by atoms with Crippen LogP contribution in [0.15, 0.2) is 41.3 Å². The van der Waals surface area contributed by atoms with Crippen molar-refractivity contribution in [1.29, 1.82) is 0 Å². The zero-order valence-electron chi connectivity index (χ0n) is 15.2. The van der Waals surface area contributed by atoms with Crippen LogP contribution < -0.4 is 10.9 Å². The normalized spacial score (nSPS) is 16.5. The first kappa shape index (κ1) is 19.4. The molecule has 10 heteroatoms. The molecule has 1 aliphatic rings. The highest BCUT2D eigenvalue weighted by Gasteiger charge is 2.40. The van der Waals surface area contributed by atoms with Gasteiger partial charge in [0.15, 0.2) is 5.82 Å². The van der Waals surface area contributed by atoms with E-state index in [0.717, 1.165) is 3.63 Å². The van der Waals surface area contributed by atoms with Crippen molar-refractivity contribution < 1.29 is 7.24 Å². The van der Waals surface area contributed by atoms with Crippen LogP contribution in [-0.4, -0.2) is 23.4 Å². The van der Waals surface area contributed by atoms with Gasteiger partial charge in [-0.3, -0.25) is 9.48 Å². The summed E-state index contributed by atoms with van der Waals surface area (Å²) >= 11 is -0.699. The first-order chi connectivity index (χ1) is 13.4. The first-order valence-electron chi connectivity index (χ1n) is 8.47. The Labute approximate surface area is 173 Å². The molecule has 0 bridgehead atoms. The molecule has 3 aromatic rings. The number of aromatic nitrogens is 4. The van der Waals surface area contributed by atoms with Gasteiger partial charge in [-0.15, -0.1) is 0 Å². The van der Waals surface area contributed by atoms with Crippen molar-refractivity contribution in [1.82, 2.24) is 19.7 Å². The van der Waals surface area contributed by atoms with Gasteiger partial charge in [-0.2, -0.15) is 5.10 Å². The van der Waals surface area contributed by atoms with Crippen LogP contribution in [0, 0.1) is 5.82 Å². The van der Waals surface area contributed by atoms with Crippen molar-refractivity contribution >= 4 is 40.1 Å². The fourth-order valence-electron chi connectivity index (χ4n) is 3.17. The average molecular weight is 513 g/mol. The molecule has 0 aliphatic carbocycles. The van der Waals surface area contributed by atoms with Crippen LogP contribution in [0.1, 0.15) is 25.0 Å². The third-order valence-corrected chi connectivity index (χ3v) is 7.53. The van der Waals surface area contributed by atoms with Crippen molar-refractivity contribution in [2.45, 2.75) is 25.8 Å². The highest BCUT2D eigenvalue weighted by atomic mass is 127. The Morgan fingerprint density at radius 2 is 2.11 bits per heavy atom. The lowest BCUT2D eigenvalue weighted by atomic mass is 9.89. The van der Waals surface area contributed by atoms with Crippen molar-refractivity contribution in [2.24, 2.45) is 0 Å². The van der Waals surface area contributed by atoms with Gasteiger partial charge in [0.1, 0.15) is 17.3 Å². The van der Waals surface area contributed by atoms with E-state index in [0.29, 0.717) is 35.0 Å². The lowest BCUT2D eigenvalue weighted by Gasteiger charge is -2.17. The van der Waals surface area contributed by atoms with E-state index in [1.54, 1.807) is 35.1 Å². The van der Waals surface area contributed by atoms with E-state index >= 15 is 0 Å². The molecule has 0 fully saturated rings. The van der Waals surface area contributed by atoms with Gasteiger partial charge in [-0.05, 0) is 26.0 Å². The van der Waals surface area contributed by atoms with Gasteiger partial charge in [0.25, 0.3) is 5.56 Å². The second kappa shape index (κ2) is 7.46. The van der Waals surface area contributed by atoms with Crippen molar-refractivity contribution in [3.05, 3.63) is 63.8 Å². The lowest BCUT2D eigenvalue weighted by Crippen LogP contribution is -2.30. The number of nitrogens with zero attached hydrogens (tertiary/aromatic N) is 3. The minimum Gasteiger partial charge on any atom is -0.336 e. The number of aromatic amines is 1. The van der Waals surface area contributed by atoms with E-state index in [2.05, 4.69) is 29.9 Å². The maximum Gasteiger partial charge on any atom is 0.257 e.